The van der Waals surface area contributed by atoms with Gasteiger partial charge in [0.05, 0.1) is 0 Å². The van der Waals surface area contributed by atoms with Crippen LogP contribution in [-0.2, 0) is 4.79 Å². The first-order valence-corrected chi connectivity index (χ1v) is 6.85. The predicted octanol–water partition coefficient (Wildman–Crippen LogP) is 1.43. The zero-order chi connectivity index (χ0) is 14.8. The highest BCUT2D eigenvalue weighted by Crippen LogP contribution is 2.04. The third-order valence-electron chi connectivity index (χ3n) is 2.87. The van der Waals surface area contributed by atoms with Gasteiger partial charge in [-0.25, -0.2) is 9.59 Å². The van der Waals surface area contributed by atoms with Gasteiger partial charge in [-0.05, 0) is 20.3 Å². The zero-order valence-electron chi connectivity index (χ0n) is 12.1. The van der Waals surface area contributed by atoms with Crippen LogP contribution in [0, 0.1) is 0 Å². The minimum Gasteiger partial charge on any atom is -0.479 e. The summed E-state index contributed by atoms with van der Waals surface area (Å²) in [7, 11) is 0. The summed E-state index contributed by atoms with van der Waals surface area (Å²) in [5, 5.41) is 20.3. The molecule has 0 heterocycles. The number of aliphatic carboxylic acids is 1. The Labute approximate surface area is 114 Å². The van der Waals surface area contributed by atoms with E-state index in [0.717, 1.165) is 19.3 Å². The van der Waals surface area contributed by atoms with E-state index in [0.29, 0.717) is 6.54 Å². The highest BCUT2D eigenvalue weighted by atomic mass is 16.4. The van der Waals surface area contributed by atoms with Crippen molar-refractivity contribution >= 4 is 12.0 Å². The van der Waals surface area contributed by atoms with Gasteiger partial charge in [-0.1, -0.05) is 19.8 Å². The summed E-state index contributed by atoms with van der Waals surface area (Å²) >= 11 is 0. The van der Waals surface area contributed by atoms with E-state index in [2.05, 4.69) is 12.2 Å². The van der Waals surface area contributed by atoms with Crippen LogP contribution >= 0.6 is 0 Å². The Morgan fingerprint density at radius 1 is 1.26 bits per heavy atom. The molecule has 6 nitrogen and oxygen atoms in total. The van der Waals surface area contributed by atoms with E-state index in [1.807, 2.05) is 13.8 Å². The second-order valence-corrected chi connectivity index (χ2v) is 4.87. The van der Waals surface area contributed by atoms with Crippen molar-refractivity contribution in [3.63, 3.8) is 0 Å². The number of aliphatic hydroxyl groups excluding tert-OH is 1. The van der Waals surface area contributed by atoms with Crippen molar-refractivity contribution in [1.29, 1.82) is 0 Å². The molecule has 19 heavy (non-hydrogen) atoms. The largest absolute Gasteiger partial charge is 0.479 e. The lowest BCUT2D eigenvalue weighted by Crippen LogP contribution is -2.45. The summed E-state index contributed by atoms with van der Waals surface area (Å²) in [5.41, 5.74) is 0. The first-order chi connectivity index (χ1) is 8.90. The number of nitrogens with one attached hydrogen (secondary N) is 1. The number of carbonyl (C=O) groups is 2. The monoisotopic (exact) mass is 274 g/mol. The van der Waals surface area contributed by atoms with E-state index in [1.54, 1.807) is 4.90 Å². The molecule has 6 heteroatoms. The molecule has 0 aromatic heterocycles. The average molecular weight is 274 g/mol. The van der Waals surface area contributed by atoms with E-state index in [9.17, 15) is 9.59 Å². The van der Waals surface area contributed by atoms with Crippen molar-refractivity contribution in [2.24, 2.45) is 0 Å². The minimum atomic E-state index is -1.42. The second kappa shape index (κ2) is 9.61. The van der Waals surface area contributed by atoms with Gasteiger partial charge >= 0.3 is 12.0 Å². The third kappa shape index (κ3) is 7.66. The number of hydrogen-bond donors (Lipinski definition) is 3. The van der Waals surface area contributed by atoms with Crippen LogP contribution in [0.3, 0.4) is 0 Å². The molecule has 0 aromatic carbocycles. The van der Waals surface area contributed by atoms with Gasteiger partial charge in [0.15, 0.2) is 6.10 Å². The number of urea groups is 1. The van der Waals surface area contributed by atoms with Crippen molar-refractivity contribution < 1.29 is 19.8 Å². The number of nitrogens with zero attached hydrogens (tertiary/aromatic N) is 1. The number of carbonyl (C=O) groups excluding carboxylic acids is 1. The molecule has 0 radical (unpaired) electrons. The molecule has 0 fully saturated rings. The van der Waals surface area contributed by atoms with E-state index < -0.39 is 12.1 Å². The molecule has 3 N–H and O–H groups in total. The van der Waals surface area contributed by atoms with Crippen LogP contribution in [0.5, 0.6) is 0 Å². The van der Waals surface area contributed by atoms with E-state index >= 15 is 0 Å². The van der Waals surface area contributed by atoms with Gasteiger partial charge in [0.1, 0.15) is 0 Å². The maximum atomic E-state index is 11.9. The average Bonchev–Trinajstić information content (AvgIpc) is 2.33. The molecule has 2 amide bonds. The molecular weight excluding hydrogens is 248 g/mol. The lowest BCUT2D eigenvalue weighted by Gasteiger charge is -2.27. The number of amides is 2. The SMILES string of the molecule is CCCCCN(C(=O)NCC[C@H](O)C(=O)O)C(C)C. The van der Waals surface area contributed by atoms with E-state index in [4.69, 9.17) is 10.2 Å². The molecule has 0 spiro atoms. The summed E-state index contributed by atoms with van der Waals surface area (Å²) in [5.74, 6) is -1.27. The number of rotatable bonds is 9. The van der Waals surface area contributed by atoms with Crippen molar-refractivity contribution in [2.45, 2.75) is 58.6 Å². The second-order valence-electron chi connectivity index (χ2n) is 4.87. The van der Waals surface area contributed by atoms with Gasteiger partial charge in [0.25, 0.3) is 0 Å². The first kappa shape index (κ1) is 17.7. The van der Waals surface area contributed by atoms with Crippen molar-refractivity contribution in [3.05, 3.63) is 0 Å². The third-order valence-corrected chi connectivity index (χ3v) is 2.87. The normalized spacial score (nSPS) is 12.3. The van der Waals surface area contributed by atoms with Crippen LogP contribution in [0.15, 0.2) is 0 Å². The topological polar surface area (TPSA) is 89.9 Å². The molecule has 112 valence electrons. The van der Waals surface area contributed by atoms with Crippen LogP contribution < -0.4 is 5.32 Å². The smallest absolute Gasteiger partial charge is 0.332 e. The molecule has 0 aliphatic heterocycles. The Kier molecular flexibility index (Phi) is 8.95. The van der Waals surface area contributed by atoms with Crippen molar-refractivity contribution in [1.82, 2.24) is 10.2 Å². The first-order valence-electron chi connectivity index (χ1n) is 6.85. The Balaban J connectivity index is 4.07. The summed E-state index contributed by atoms with van der Waals surface area (Å²) in [6.07, 6.45) is 1.72. The molecule has 0 aromatic rings. The number of carboxylic acids is 1. The number of hydrogen-bond acceptors (Lipinski definition) is 3. The summed E-state index contributed by atoms with van der Waals surface area (Å²) in [4.78, 5) is 24.1. The summed E-state index contributed by atoms with van der Waals surface area (Å²) in [6, 6.07) is -0.107. The molecule has 0 saturated carbocycles. The fourth-order valence-electron chi connectivity index (χ4n) is 1.67. The number of aliphatic hydroxyl groups is 1. The van der Waals surface area contributed by atoms with Gasteiger partial charge in [-0.15, -0.1) is 0 Å². The highest BCUT2D eigenvalue weighted by Gasteiger charge is 2.17. The lowest BCUT2D eigenvalue weighted by molar-refractivity contribution is -0.146. The Bertz CT molecular complexity index is 282. The van der Waals surface area contributed by atoms with E-state index in [-0.39, 0.29) is 25.0 Å². The fourth-order valence-corrected chi connectivity index (χ4v) is 1.67. The Morgan fingerprint density at radius 3 is 2.37 bits per heavy atom. The van der Waals surface area contributed by atoms with E-state index in [1.165, 1.54) is 0 Å². The van der Waals surface area contributed by atoms with Crippen LogP contribution in [0.2, 0.25) is 0 Å². The quantitative estimate of drug-likeness (QED) is 0.555. The number of unbranched alkanes of at least 4 members (excludes halogenated alkanes) is 2. The standard InChI is InChI=1S/C13H26N2O4/c1-4-5-6-9-15(10(2)3)13(19)14-8-7-11(16)12(17)18/h10-11,16H,4-9H2,1-3H3,(H,14,19)(H,17,18)/t11-/m0/s1. The molecule has 0 saturated heterocycles. The zero-order valence-corrected chi connectivity index (χ0v) is 12.1. The minimum absolute atomic E-state index is 0.0158. The molecular formula is C13H26N2O4. The maximum Gasteiger partial charge on any atom is 0.332 e. The van der Waals surface area contributed by atoms with Crippen LogP contribution in [0.1, 0.15) is 46.5 Å². The van der Waals surface area contributed by atoms with Crippen molar-refractivity contribution in [2.75, 3.05) is 13.1 Å². The van der Waals surface area contributed by atoms with Gasteiger partial charge in [-0.3, -0.25) is 0 Å². The fraction of sp³-hybridized carbons (Fsp3) is 0.846. The Morgan fingerprint density at radius 2 is 1.89 bits per heavy atom. The van der Waals surface area contributed by atoms with Gasteiger partial charge in [-0.2, -0.15) is 0 Å². The molecule has 0 bridgehead atoms. The van der Waals surface area contributed by atoms with Gasteiger partial charge in [0.2, 0.25) is 0 Å². The molecule has 0 aliphatic rings. The highest BCUT2D eigenvalue weighted by molar-refractivity contribution is 5.75. The maximum absolute atomic E-state index is 11.9. The van der Waals surface area contributed by atoms with Gasteiger partial charge < -0.3 is 20.4 Å². The molecule has 0 aliphatic carbocycles. The Hall–Kier alpha value is -1.30. The van der Waals surface area contributed by atoms with Crippen LogP contribution in [0.25, 0.3) is 0 Å². The summed E-state index contributed by atoms with van der Waals surface area (Å²) in [6.45, 7) is 6.84. The van der Waals surface area contributed by atoms with Crippen LogP contribution in [-0.4, -0.2) is 52.3 Å². The van der Waals surface area contributed by atoms with Crippen LogP contribution in [0.4, 0.5) is 4.79 Å². The van der Waals surface area contributed by atoms with Gasteiger partial charge in [0, 0.05) is 25.6 Å². The molecule has 1 atom stereocenters. The number of carboxylic acid groups (broad SMARTS) is 1. The summed E-state index contributed by atoms with van der Waals surface area (Å²) < 4.78 is 0. The molecule has 0 unspecified atom stereocenters. The molecule has 0 rings (SSSR count). The van der Waals surface area contributed by atoms with Crippen molar-refractivity contribution in [3.8, 4) is 0 Å². The predicted molar refractivity (Wildman–Crippen MR) is 73.0 cm³/mol. The lowest BCUT2D eigenvalue weighted by atomic mass is 10.2.